The summed E-state index contributed by atoms with van der Waals surface area (Å²) in [6.07, 6.45) is 21.6. The molecule has 2 fully saturated rings. The highest BCUT2D eigenvalue weighted by Crippen LogP contribution is 2.23. The topological polar surface area (TPSA) is 50.1 Å². The van der Waals surface area contributed by atoms with Gasteiger partial charge in [-0.15, -0.1) is 0 Å². The Balaban J connectivity index is 1.52. The van der Waals surface area contributed by atoms with Gasteiger partial charge >= 0.3 is 0 Å². The van der Waals surface area contributed by atoms with E-state index in [1.54, 1.807) is 5.57 Å². The fourth-order valence-corrected chi connectivity index (χ4v) is 4.70. The van der Waals surface area contributed by atoms with E-state index in [4.69, 9.17) is 5.73 Å². The lowest BCUT2D eigenvalue weighted by Gasteiger charge is -2.22. The molecule has 26 heavy (non-hydrogen) atoms. The summed E-state index contributed by atoms with van der Waals surface area (Å²) in [4.78, 5) is 0. The van der Waals surface area contributed by atoms with Gasteiger partial charge in [-0.05, 0) is 95.9 Å². The smallest absolute Gasteiger partial charge is 0.00115 e. The van der Waals surface area contributed by atoms with Crippen LogP contribution in [0.2, 0.25) is 0 Å². The quantitative estimate of drug-likeness (QED) is 0.326. The van der Waals surface area contributed by atoms with E-state index in [1.165, 1.54) is 103 Å². The molecule has 0 amide bonds. The summed E-state index contributed by atoms with van der Waals surface area (Å²) < 4.78 is 0. The molecule has 3 heteroatoms. The summed E-state index contributed by atoms with van der Waals surface area (Å²) in [5.41, 5.74) is 7.33. The summed E-state index contributed by atoms with van der Waals surface area (Å²) >= 11 is 0. The van der Waals surface area contributed by atoms with Gasteiger partial charge in [-0.3, -0.25) is 0 Å². The first kappa shape index (κ1) is 21.9. The van der Waals surface area contributed by atoms with Gasteiger partial charge in [0.1, 0.15) is 0 Å². The predicted octanol–water partition coefficient (Wildman–Crippen LogP) is 4.77. The molecule has 0 aromatic heterocycles. The average molecular weight is 364 g/mol. The average Bonchev–Trinajstić information content (AvgIpc) is 2.70. The molecule has 152 valence electrons. The monoisotopic (exact) mass is 363 g/mol. The minimum atomic E-state index is 0.777. The normalized spacial score (nSPS) is 20.6. The molecule has 0 aliphatic heterocycles. The summed E-state index contributed by atoms with van der Waals surface area (Å²) in [7, 11) is 0. The Morgan fingerprint density at radius 2 is 1.35 bits per heavy atom. The van der Waals surface area contributed by atoms with E-state index in [0.29, 0.717) is 0 Å². The highest BCUT2D eigenvalue weighted by Gasteiger charge is 2.13. The molecule has 0 atom stereocenters. The molecule has 0 unspecified atom stereocenters. The van der Waals surface area contributed by atoms with E-state index in [-0.39, 0.29) is 0 Å². The van der Waals surface area contributed by atoms with Gasteiger partial charge in [0.05, 0.1) is 0 Å². The molecule has 0 radical (unpaired) electrons. The van der Waals surface area contributed by atoms with Crippen molar-refractivity contribution in [1.82, 2.24) is 10.6 Å². The maximum absolute atomic E-state index is 5.72. The zero-order chi connectivity index (χ0) is 18.3. The van der Waals surface area contributed by atoms with Crippen molar-refractivity contribution in [2.24, 2.45) is 17.6 Å². The Morgan fingerprint density at radius 3 is 1.92 bits per heavy atom. The molecular weight excluding hydrogens is 318 g/mol. The zero-order valence-corrected chi connectivity index (χ0v) is 17.2. The van der Waals surface area contributed by atoms with Crippen LogP contribution in [0, 0.1) is 11.8 Å². The first-order valence-corrected chi connectivity index (χ1v) is 11.7. The van der Waals surface area contributed by atoms with Crippen LogP contribution in [0.15, 0.2) is 11.6 Å². The first-order valence-electron chi connectivity index (χ1n) is 11.7. The van der Waals surface area contributed by atoms with Crippen LogP contribution in [-0.2, 0) is 0 Å². The van der Waals surface area contributed by atoms with E-state index in [0.717, 1.165) is 31.3 Å². The van der Waals surface area contributed by atoms with Gasteiger partial charge in [0.2, 0.25) is 0 Å². The number of nitrogens with one attached hydrogen (secondary N) is 2. The highest BCUT2D eigenvalue weighted by molar-refractivity contribution is 5.02. The number of rotatable bonds is 13. The van der Waals surface area contributed by atoms with Crippen LogP contribution in [0.4, 0.5) is 0 Å². The minimum Gasteiger partial charge on any atom is -0.330 e. The van der Waals surface area contributed by atoms with Gasteiger partial charge < -0.3 is 16.4 Å². The van der Waals surface area contributed by atoms with Crippen LogP contribution in [0.5, 0.6) is 0 Å². The van der Waals surface area contributed by atoms with Crippen molar-refractivity contribution in [2.75, 3.05) is 32.7 Å². The minimum absolute atomic E-state index is 0.777. The van der Waals surface area contributed by atoms with Crippen molar-refractivity contribution in [2.45, 2.75) is 89.9 Å². The Kier molecular flexibility index (Phi) is 12.3. The maximum atomic E-state index is 5.72. The largest absolute Gasteiger partial charge is 0.330 e. The van der Waals surface area contributed by atoms with Crippen molar-refractivity contribution in [3.63, 3.8) is 0 Å². The predicted molar refractivity (Wildman–Crippen MR) is 114 cm³/mol. The summed E-state index contributed by atoms with van der Waals surface area (Å²) in [5.74, 6) is 1.88. The van der Waals surface area contributed by atoms with Crippen molar-refractivity contribution in [3.8, 4) is 0 Å². The van der Waals surface area contributed by atoms with Crippen molar-refractivity contribution in [1.29, 1.82) is 0 Å². The number of hydrogen-bond donors (Lipinski definition) is 3. The van der Waals surface area contributed by atoms with Crippen LogP contribution in [-0.4, -0.2) is 32.7 Å². The molecular formula is C23H45N3. The maximum Gasteiger partial charge on any atom is -0.00115 e. The lowest BCUT2D eigenvalue weighted by Crippen LogP contribution is -2.26. The third-order valence-corrected chi connectivity index (χ3v) is 6.39. The van der Waals surface area contributed by atoms with E-state index in [1.807, 2.05) is 0 Å². The van der Waals surface area contributed by atoms with E-state index in [2.05, 4.69) is 16.7 Å². The van der Waals surface area contributed by atoms with Crippen molar-refractivity contribution < 1.29 is 0 Å². The second-order valence-electron chi connectivity index (χ2n) is 8.71. The molecule has 4 N–H and O–H groups in total. The van der Waals surface area contributed by atoms with Crippen molar-refractivity contribution in [3.05, 3.63) is 11.6 Å². The van der Waals surface area contributed by atoms with E-state index >= 15 is 0 Å². The molecule has 0 bridgehead atoms. The van der Waals surface area contributed by atoms with Crippen LogP contribution >= 0.6 is 0 Å². The van der Waals surface area contributed by atoms with Gasteiger partial charge in [-0.25, -0.2) is 0 Å². The zero-order valence-electron chi connectivity index (χ0n) is 17.2. The molecule has 2 rings (SSSR count). The van der Waals surface area contributed by atoms with Crippen LogP contribution < -0.4 is 16.4 Å². The fourth-order valence-electron chi connectivity index (χ4n) is 4.70. The Labute approximate surface area is 163 Å². The van der Waals surface area contributed by atoms with E-state index < -0.39 is 0 Å². The first-order chi connectivity index (χ1) is 12.9. The molecule has 0 aromatic rings. The summed E-state index contributed by atoms with van der Waals surface area (Å²) in [6.45, 7) is 5.56. The van der Waals surface area contributed by atoms with Gasteiger partial charge in [0.15, 0.2) is 0 Å². The van der Waals surface area contributed by atoms with Crippen LogP contribution in [0.3, 0.4) is 0 Å². The van der Waals surface area contributed by atoms with Crippen molar-refractivity contribution >= 4 is 0 Å². The molecule has 2 saturated carbocycles. The molecule has 0 saturated heterocycles. The van der Waals surface area contributed by atoms with Gasteiger partial charge in [-0.2, -0.15) is 0 Å². The molecule has 0 spiro atoms. The summed E-state index contributed by atoms with van der Waals surface area (Å²) in [5, 5.41) is 7.43. The molecule has 0 aromatic carbocycles. The Hall–Kier alpha value is -0.380. The van der Waals surface area contributed by atoms with Crippen LogP contribution in [0.1, 0.15) is 89.9 Å². The lowest BCUT2D eigenvalue weighted by atomic mass is 9.89. The number of hydrogen-bond acceptors (Lipinski definition) is 3. The lowest BCUT2D eigenvalue weighted by molar-refractivity contribution is 0.341. The van der Waals surface area contributed by atoms with E-state index in [9.17, 15) is 0 Å². The number of nitrogens with two attached hydrogens (primary N) is 1. The summed E-state index contributed by atoms with van der Waals surface area (Å²) in [6, 6.07) is 0. The van der Waals surface area contributed by atoms with Gasteiger partial charge in [0.25, 0.3) is 0 Å². The Bertz CT molecular complexity index is 354. The van der Waals surface area contributed by atoms with Gasteiger partial charge in [0, 0.05) is 0 Å². The fraction of sp³-hybridized carbons (Fsp3) is 0.913. The third-order valence-electron chi connectivity index (χ3n) is 6.39. The Morgan fingerprint density at radius 1 is 0.769 bits per heavy atom. The van der Waals surface area contributed by atoms with Crippen LogP contribution in [0.25, 0.3) is 0 Å². The van der Waals surface area contributed by atoms with Gasteiger partial charge in [-0.1, -0.05) is 50.2 Å². The second-order valence-corrected chi connectivity index (χ2v) is 8.71. The molecule has 2 aliphatic carbocycles. The molecule has 3 nitrogen and oxygen atoms in total. The molecule has 2 aliphatic rings. The standard InChI is InChI=1S/C23H45N3/c24-16-7-13-21(15-18-26-20-23-11-5-2-6-12-23)14-8-17-25-19-22-9-3-1-4-10-22/h13,22-23,25-26H,1-12,14-20,24H2. The third kappa shape index (κ3) is 10.1. The second kappa shape index (κ2) is 14.6. The SMILES string of the molecule is NCCC=C(CCCNCC1CCCCC1)CCNCC1CCCCC1. The molecule has 0 heterocycles. The highest BCUT2D eigenvalue weighted by atomic mass is 14.9.